The molecule has 1 aliphatic heterocycles. The molecule has 0 saturated carbocycles. The van der Waals surface area contributed by atoms with Crippen molar-refractivity contribution in [1.82, 2.24) is 25.6 Å². The van der Waals surface area contributed by atoms with Crippen LogP contribution in [0.4, 0.5) is 10.6 Å². The molecule has 156 valence electrons. The van der Waals surface area contributed by atoms with Crippen molar-refractivity contribution in [2.24, 2.45) is 0 Å². The topological polar surface area (TPSA) is 92.3 Å². The van der Waals surface area contributed by atoms with Gasteiger partial charge >= 0.3 is 6.03 Å². The minimum atomic E-state index is -0.150. The molecule has 0 unspecified atom stereocenters. The average molecular weight is 399 g/mol. The number of hydrogen-bond donors (Lipinski definition) is 2. The molecule has 29 heavy (non-hydrogen) atoms. The van der Waals surface area contributed by atoms with E-state index in [0.29, 0.717) is 19.0 Å². The van der Waals surface area contributed by atoms with Gasteiger partial charge in [-0.15, -0.1) is 0 Å². The van der Waals surface area contributed by atoms with Gasteiger partial charge in [-0.1, -0.05) is 13.0 Å². The van der Waals surface area contributed by atoms with Crippen LogP contribution in [0.25, 0.3) is 0 Å². The Morgan fingerprint density at radius 3 is 2.69 bits per heavy atom. The maximum Gasteiger partial charge on any atom is 0.315 e. The lowest BCUT2D eigenvalue weighted by molar-refractivity contribution is 0.234. The molecule has 2 aromatic rings. The number of amides is 2. The largest absolute Gasteiger partial charge is 0.478 e. The molecule has 0 aliphatic carbocycles. The zero-order valence-corrected chi connectivity index (χ0v) is 17.4. The van der Waals surface area contributed by atoms with Gasteiger partial charge in [-0.3, -0.25) is 0 Å². The number of ether oxygens (including phenoxy) is 1. The molecule has 2 N–H and O–H groups in total. The van der Waals surface area contributed by atoms with Crippen LogP contribution in [0.2, 0.25) is 0 Å². The first-order valence-electron chi connectivity index (χ1n) is 10.2. The second-order valence-corrected chi connectivity index (χ2v) is 7.36. The smallest absolute Gasteiger partial charge is 0.315 e. The van der Waals surface area contributed by atoms with E-state index >= 15 is 0 Å². The Bertz CT molecular complexity index is 783. The average Bonchev–Trinajstić information content (AvgIpc) is 2.71. The summed E-state index contributed by atoms with van der Waals surface area (Å²) in [4.78, 5) is 27.6. The number of pyridine rings is 1. The minimum absolute atomic E-state index is 0.150. The van der Waals surface area contributed by atoms with Crippen LogP contribution in [-0.4, -0.2) is 46.7 Å². The lowest BCUT2D eigenvalue weighted by atomic mass is 10.1. The molecule has 1 fully saturated rings. The molecule has 0 aromatic carbocycles. The molecule has 3 heterocycles. The number of nitrogens with one attached hydrogen (secondary N) is 2. The van der Waals surface area contributed by atoms with Crippen molar-refractivity contribution in [3.8, 4) is 5.88 Å². The fraction of sp³-hybridized carbons (Fsp3) is 0.524. The van der Waals surface area contributed by atoms with Gasteiger partial charge in [0, 0.05) is 49.7 Å². The monoisotopic (exact) mass is 398 g/mol. The van der Waals surface area contributed by atoms with Crippen molar-refractivity contribution in [3.05, 3.63) is 41.5 Å². The summed E-state index contributed by atoms with van der Waals surface area (Å²) < 4.78 is 5.47. The Hall–Kier alpha value is -2.90. The van der Waals surface area contributed by atoms with Crippen LogP contribution in [-0.2, 0) is 6.54 Å². The van der Waals surface area contributed by atoms with Crippen LogP contribution in [0.1, 0.15) is 43.3 Å². The maximum atomic E-state index is 12.2. The van der Waals surface area contributed by atoms with E-state index in [4.69, 9.17) is 4.74 Å². The molecule has 1 saturated heterocycles. The van der Waals surface area contributed by atoms with Crippen molar-refractivity contribution in [2.75, 3.05) is 24.6 Å². The number of rotatable bonds is 7. The van der Waals surface area contributed by atoms with Gasteiger partial charge in [0.2, 0.25) is 5.88 Å². The quantitative estimate of drug-likeness (QED) is 0.745. The Labute approximate surface area is 172 Å². The van der Waals surface area contributed by atoms with E-state index in [1.54, 1.807) is 6.20 Å². The molecule has 2 amide bonds. The molecule has 8 heteroatoms. The molecule has 2 aromatic heterocycles. The predicted octanol–water partition coefficient (Wildman–Crippen LogP) is 2.75. The second kappa shape index (κ2) is 10.0. The zero-order chi connectivity index (χ0) is 20.6. The Balaban J connectivity index is 1.40. The van der Waals surface area contributed by atoms with Crippen molar-refractivity contribution in [2.45, 2.75) is 52.6 Å². The van der Waals surface area contributed by atoms with Crippen molar-refractivity contribution in [1.29, 1.82) is 0 Å². The number of piperidine rings is 1. The van der Waals surface area contributed by atoms with Gasteiger partial charge in [-0.2, -0.15) is 0 Å². The Morgan fingerprint density at radius 1 is 1.24 bits per heavy atom. The van der Waals surface area contributed by atoms with Crippen LogP contribution in [0.15, 0.2) is 24.4 Å². The van der Waals surface area contributed by atoms with Crippen LogP contribution < -0.4 is 20.3 Å². The SMILES string of the molecule is CCCOc1ccc(CNC(=O)NC2CCN(c3cc(C)nc(C)n3)CC2)cn1. The highest BCUT2D eigenvalue weighted by molar-refractivity contribution is 5.74. The Morgan fingerprint density at radius 2 is 2.03 bits per heavy atom. The zero-order valence-electron chi connectivity index (χ0n) is 17.4. The van der Waals surface area contributed by atoms with Crippen molar-refractivity contribution < 1.29 is 9.53 Å². The van der Waals surface area contributed by atoms with Gasteiger partial charge < -0.3 is 20.3 Å². The Kier molecular flexibility index (Phi) is 7.21. The fourth-order valence-corrected chi connectivity index (χ4v) is 3.34. The number of nitrogens with zero attached hydrogens (tertiary/aromatic N) is 4. The summed E-state index contributed by atoms with van der Waals surface area (Å²) in [7, 11) is 0. The van der Waals surface area contributed by atoms with Gasteiger partial charge in [-0.25, -0.2) is 19.7 Å². The highest BCUT2D eigenvalue weighted by atomic mass is 16.5. The molecular weight excluding hydrogens is 368 g/mol. The van der Waals surface area contributed by atoms with E-state index in [1.165, 1.54) is 0 Å². The van der Waals surface area contributed by atoms with E-state index in [2.05, 4.69) is 37.4 Å². The van der Waals surface area contributed by atoms with Crippen LogP contribution in [0.5, 0.6) is 5.88 Å². The lowest BCUT2D eigenvalue weighted by Crippen LogP contribution is -2.48. The maximum absolute atomic E-state index is 12.2. The highest BCUT2D eigenvalue weighted by Gasteiger charge is 2.22. The molecule has 0 radical (unpaired) electrons. The molecule has 0 spiro atoms. The van der Waals surface area contributed by atoms with Crippen LogP contribution in [0.3, 0.4) is 0 Å². The number of aryl methyl sites for hydroxylation is 2. The number of aromatic nitrogens is 3. The number of carbonyl (C=O) groups is 1. The van der Waals surface area contributed by atoms with Gasteiger partial charge in [0.1, 0.15) is 11.6 Å². The molecule has 8 nitrogen and oxygen atoms in total. The van der Waals surface area contributed by atoms with E-state index in [9.17, 15) is 4.79 Å². The summed E-state index contributed by atoms with van der Waals surface area (Å²) in [5, 5.41) is 5.97. The second-order valence-electron chi connectivity index (χ2n) is 7.36. The highest BCUT2D eigenvalue weighted by Crippen LogP contribution is 2.18. The van der Waals surface area contributed by atoms with Crippen molar-refractivity contribution >= 4 is 11.8 Å². The number of hydrogen-bond acceptors (Lipinski definition) is 6. The predicted molar refractivity (Wildman–Crippen MR) is 112 cm³/mol. The molecule has 0 atom stereocenters. The normalized spacial score (nSPS) is 14.5. The number of anilines is 1. The van der Waals surface area contributed by atoms with Crippen molar-refractivity contribution in [3.63, 3.8) is 0 Å². The van der Waals surface area contributed by atoms with E-state index < -0.39 is 0 Å². The first kappa shape index (κ1) is 20.8. The summed E-state index contributed by atoms with van der Waals surface area (Å²) in [5.41, 5.74) is 1.92. The summed E-state index contributed by atoms with van der Waals surface area (Å²) >= 11 is 0. The molecule has 1 aliphatic rings. The summed E-state index contributed by atoms with van der Waals surface area (Å²) in [6.45, 7) is 8.77. The molecule has 3 rings (SSSR count). The first-order valence-corrected chi connectivity index (χ1v) is 10.2. The van der Waals surface area contributed by atoms with Gasteiger partial charge in [0.15, 0.2) is 0 Å². The first-order chi connectivity index (χ1) is 14.0. The lowest BCUT2D eigenvalue weighted by Gasteiger charge is -2.33. The van der Waals surface area contributed by atoms with Gasteiger partial charge in [0.25, 0.3) is 0 Å². The number of carbonyl (C=O) groups excluding carboxylic acids is 1. The number of urea groups is 1. The third-order valence-electron chi connectivity index (χ3n) is 4.81. The minimum Gasteiger partial charge on any atom is -0.478 e. The summed E-state index contributed by atoms with van der Waals surface area (Å²) in [5.74, 6) is 2.37. The standard InChI is InChI=1S/C21H30N6O2/c1-4-11-29-20-6-5-17(13-22-20)14-23-21(28)26-18-7-9-27(10-8-18)19-12-15(2)24-16(3)25-19/h5-6,12-13,18H,4,7-11,14H2,1-3H3,(H2,23,26,28). The summed E-state index contributed by atoms with van der Waals surface area (Å²) in [6.07, 6.45) is 4.46. The van der Waals surface area contributed by atoms with E-state index in [1.807, 2.05) is 32.0 Å². The molecule has 0 bridgehead atoms. The third kappa shape index (κ3) is 6.30. The summed E-state index contributed by atoms with van der Waals surface area (Å²) in [6, 6.07) is 5.78. The third-order valence-corrected chi connectivity index (χ3v) is 4.81. The van der Waals surface area contributed by atoms with Gasteiger partial charge in [-0.05, 0) is 38.7 Å². The fourth-order valence-electron chi connectivity index (χ4n) is 3.34. The van der Waals surface area contributed by atoms with Gasteiger partial charge in [0.05, 0.1) is 6.61 Å². The van der Waals surface area contributed by atoms with Crippen LogP contribution >= 0.6 is 0 Å². The molecular formula is C21H30N6O2. The van der Waals surface area contributed by atoms with E-state index in [0.717, 1.165) is 55.3 Å². The van der Waals surface area contributed by atoms with Crippen LogP contribution in [0, 0.1) is 13.8 Å². The van der Waals surface area contributed by atoms with E-state index in [-0.39, 0.29) is 12.1 Å².